The van der Waals surface area contributed by atoms with E-state index in [9.17, 15) is 0 Å². The van der Waals surface area contributed by atoms with Crippen LogP contribution < -0.4 is 0 Å². The highest BCUT2D eigenvalue weighted by atomic mass is 32.2. The number of benzene rings is 1. The Labute approximate surface area is 110 Å². The van der Waals surface area contributed by atoms with Gasteiger partial charge in [0.15, 0.2) is 0 Å². The number of thioether (sulfide) groups is 1. The molecule has 0 N–H and O–H groups in total. The fourth-order valence-corrected chi connectivity index (χ4v) is 3.21. The van der Waals surface area contributed by atoms with E-state index in [4.69, 9.17) is 0 Å². The molecule has 0 aliphatic carbocycles. The maximum Gasteiger partial charge on any atom is 0.00719 e. The van der Waals surface area contributed by atoms with Crippen LogP contribution in [0.4, 0.5) is 0 Å². The van der Waals surface area contributed by atoms with Crippen molar-refractivity contribution in [1.29, 1.82) is 0 Å². The molecule has 1 aromatic rings. The van der Waals surface area contributed by atoms with E-state index in [-0.39, 0.29) is 0 Å². The summed E-state index contributed by atoms with van der Waals surface area (Å²) in [5, 5.41) is 0. The first-order valence-electron chi connectivity index (χ1n) is 6.69. The average molecular weight is 249 g/mol. The molecule has 1 aliphatic rings. The Morgan fingerprint density at radius 1 is 1.41 bits per heavy atom. The third kappa shape index (κ3) is 3.49. The van der Waals surface area contributed by atoms with Crippen LogP contribution in [-0.2, 0) is 0 Å². The van der Waals surface area contributed by atoms with Crippen LogP contribution in [0.15, 0.2) is 29.2 Å². The SMILES string of the molecule is CCCN1CCC[C@@H](c2cccc(SC)c2)C1. The molecule has 1 aliphatic heterocycles. The van der Waals surface area contributed by atoms with Gasteiger partial charge in [0.25, 0.3) is 0 Å². The minimum atomic E-state index is 0.752. The molecular formula is C15H23NS. The lowest BCUT2D eigenvalue weighted by Gasteiger charge is -2.32. The van der Waals surface area contributed by atoms with E-state index in [0.717, 1.165) is 5.92 Å². The lowest BCUT2D eigenvalue weighted by atomic mass is 9.90. The quantitative estimate of drug-likeness (QED) is 0.742. The molecule has 0 amide bonds. The van der Waals surface area contributed by atoms with Gasteiger partial charge in [0.05, 0.1) is 0 Å². The van der Waals surface area contributed by atoms with E-state index in [0.29, 0.717) is 0 Å². The lowest BCUT2D eigenvalue weighted by Crippen LogP contribution is -2.34. The first-order valence-corrected chi connectivity index (χ1v) is 7.92. The summed E-state index contributed by atoms with van der Waals surface area (Å²) in [5.41, 5.74) is 1.54. The molecule has 0 radical (unpaired) electrons. The van der Waals surface area contributed by atoms with Crippen LogP contribution in [0.3, 0.4) is 0 Å². The molecule has 0 bridgehead atoms. The van der Waals surface area contributed by atoms with Gasteiger partial charge in [-0.05, 0) is 62.2 Å². The third-order valence-corrected chi connectivity index (χ3v) is 4.34. The van der Waals surface area contributed by atoms with Gasteiger partial charge in [-0.1, -0.05) is 19.1 Å². The van der Waals surface area contributed by atoms with Gasteiger partial charge in [-0.3, -0.25) is 0 Å². The molecule has 1 aromatic carbocycles. The highest BCUT2D eigenvalue weighted by Crippen LogP contribution is 2.29. The van der Waals surface area contributed by atoms with Crippen molar-refractivity contribution in [2.45, 2.75) is 37.0 Å². The van der Waals surface area contributed by atoms with Crippen molar-refractivity contribution < 1.29 is 0 Å². The summed E-state index contributed by atoms with van der Waals surface area (Å²) in [4.78, 5) is 4.02. The second kappa shape index (κ2) is 6.46. The monoisotopic (exact) mass is 249 g/mol. The van der Waals surface area contributed by atoms with E-state index in [1.807, 2.05) is 11.8 Å². The predicted molar refractivity (Wildman–Crippen MR) is 76.9 cm³/mol. The Morgan fingerprint density at radius 2 is 2.29 bits per heavy atom. The van der Waals surface area contributed by atoms with Gasteiger partial charge in [-0.25, -0.2) is 0 Å². The summed E-state index contributed by atoms with van der Waals surface area (Å²) in [7, 11) is 0. The first-order chi connectivity index (χ1) is 8.33. The van der Waals surface area contributed by atoms with Crippen molar-refractivity contribution in [3.63, 3.8) is 0 Å². The maximum absolute atomic E-state index is 2.62. The minimum absolute atomic E-state index is 0.752. The topological polar surface area (TPSA) is 3.24 Å². The zero-order chi connectivity index (χ0) is 12.1. The molecule has 1 saturated heterocycles. The summed E-state index contributed by atoms with van der Waals surface area (Å²) in [5.74, 6) is 0.752. The summed E-state index contributed by atoms with van der Waals surface area (Å²) in [6, 6.07) is 9.10. The molecule has 0 spiro atoms. The zero-order valence-electron chi connectivity index (χ0n) is 11.0. The van der Waals surface area contributed by atoms with Gasteiger partial charge in [0, 0.05) is 11.4 Å². The number of rotatable bonds is 4. The lowest BCUT2D eigenvalue weighted by molar-refractivity contribution is 0.208. The van der Waals surface area contributed by atoms with E-state index in [1.54, 1.807) is 0 Å². The van der Waals surface area contributed by atoms with Crippen LogP contribution in [-0.4, -0.2) is 30.8 Å². The van der Waals surface area contributed by atoms with Crippen LogP contribution >= 0.6 is 11.8 Å². The Kier molecular flexibility index (Phi) is 4.93. The highest BCUT2D eigenvalue weighted by Gasteiger charge is 2.20. The van der Waals surface area contributed by atoms with Gasteiger partial charge in [0.1, 0.15) is 0 Å². The van der Waals surface area contributed by atoms with Crippen LogP contribution in [0.5, 0.6) is 0 Å². The van der Waals surface area contributed by atoms with Crippen molar-refractivity contribution in [1.82, 2.24) is 4.90 Å². The van der Waals surface area contributed by atoms with Crippen molar-refractivity contribution >= 4 is 11.8 Å². The highest BCUT2D eigenvalue weighted by molar-refractivity contribution is 7.98. The molecule has 2 heteroatoms. The Bertz CT molecular complexity index is 349. The van der Waals surface area contributed by atoms with Gasteiger partial charge in [0.2, 0.25) is 0 Å². The molecular weight excluding hydrogens is 226 g/mol. The molecule has 94 valence electrons. The van der Waals surface area contributed by atoms with E-state index in [1.165, 1.54) is 49.4 Å². The average Bonchev–Trinajstić information content (AvgIpc) is 2.40. The van der Waals surface area contributed by atoms with Crippen molar-refractivity contribution in [3.8, 4) is 0 Å². The van der Waals surface area contributed by atoms with Crippen molar-refractivity contribution in [2.75, 3.05) is 25.9 Å². The van der Waals surface area contributed by atoms with Gasteiger partial charge < -0.3 is 4.90 Å². The van der Waals surface area contributed by atoms with Gasteiger partial charge in [-0.2, -0.15) is 0 Å². The van der Waals surface area contributed by atoms with E-state index >= 15 is 0 Å². The maximum atomic E-state index is 2.62. The summed E-state index contributed by atoms with van der Waals surface area (Å²) >= 11 is 1.84. The zero-order valence-corrected chi connectivity index (χ0v) is 11.8. The molecule has 0 unspecified atom stereocenters. The van der Waals surface area contributed by atoms with Crippen molar-refractivity contribution in [3.05, 3.63) is 29.8 Å². The van der Waals surface area contributed by atoms with Crippen LogP contribution in [0.2, 0.25) is 0 Å². The number of hydrogen-bond donors (Lipinski definition) is 0. The molecule has 1 atom stereocenters. The smallest absolute Gasteiger partial charge is 0.00719 e. The van der Waals surface area contributed by atoms with Gasteiger partial charge in [-0.15, -0.1) is 11.8 Å². The fourth-order valence-electron chi connectivity index (χ4n) is 2.74. The number of piperidine rings is 1. The molecule has 17 heavy (non-hydrogen) atoms. The summed E-state index contributed by atoms with van der Waals surface area (Å²) in [6.45, 7) is 6.09. The van der Waals surface area contributed by atoms with E-state index in [2.05, 4.69) is 42.3 Å². The molecule has 1 heterocycles. The minimum Gasteiger partial charge on any atom is -0.303 e. The van der Waals surface area contributed by atoms with Crippen molar-refractivity contribution in [2.24, 2.45) is 0 Å². The normalized spacial score (nSPS) is 21.6. The summed E-state index contributed by atoms with van der Waals surface area (Å²) in [6.07, 6.45) is 6.15. The first kappa shape index (κ1) is 13.0. The molecule has 0 aromatic heterocycles. The molecule has 2 rings (SSSR count). The van der Waals surface area contributed by atoms with Gasteiger partial charge >= 0.3 is 0 Å². The van der Waals surface area contributed by atoms with Crippen LogP contribution in [0.1, 0.15) is 37.7 Å². The fraction of sp³-hybridized carbons (Fsp3) is 0.600. The van der Waals surface area contributed by atoms with Crippen LogP contribution in [0.25, 0.3) is 0 Å². The third-order valence-electron chi connectivity index (χ3n) is 3.61. The number of nitrogens with zero attached hydrogens (tertiary/aromatic N) is 1. The standard InChI is InChI=1S/C15H23NS/c1-3-9-16-10-5-7-14(12-16)13-6-4-8-15(11-13)17-2/h4,6,8,11,14H,3,5,7,9-10,12H2,1-2H3/t14-/m1/s1. The molecule has 0 saturated carbocycles. The Balaban J connectivity index is 2.05. The largest absolute Gasteiger partial charge is 0.303 e. The Hall–Kier alpha value is -0.470. The van der Waals surface area contributed by atoms with E-state index < -0.39 is 0 Å². The summed E-state index contributed by atoms with van der Waals surface area (Å²) < 4.78 is 0. The number of likely N-dealkylation sites (tertiary alicyclic amines) is 1. The second-order valence-corrected chi connectivity index (χ2v) is 5.80. The van der Waals surface area contributed by atoms with Crippen LogP contribution in [0, 0.1) is 0 Å². The predicted octanol–water partition coefficient (Wildman–Crippen LogP) is 4.00. The molecule has 1 nitrogen and oxygen atoms in total. The Morgan fingerprint density at radius 3 is 3.06 bits per heavy atom. The molecule has 1 fully saturated rings. The second-order valence-electron chi connectivity index (χ2n) is 4.92. The number of hydrogen-bond acceptors (Lipinski definition) is 2.